The number of rotatable bonds is 4. The zero-order valence-electron chi connectivity index (χ0n) is 10.3. The third kappa shape index (κ3) is 3.19. The van der Waals surface area contributed by atoms with Crippen LogP contribution in [0.25, 0.3) is 0 Å². The molecule has 94 valence electrons. The fraction of sp³-hybridized carbons (Fsp3) is 0.571. The molecule has 1 fully saturated rings. The maximum atomic E-state index is 14.2. The lowest BCUT2D eigenvalue weighted by atomic mass is 9.96. The normalized spacial score (nSPS) is 22.1. The Morgan fingerprint density at radius 2 is 2.12 bits per heavy atom. The van der Waals surface area contributed by atoms with Crippen LogP contribution in [0.1, 0.15) is 37.9 Å². The average molecular weight is 237 g/mol. The fourth-order valence-corrected chi connectivity index (χ4v) is 2.28. The second-order valence-electron chi connectivity index (χ2n) is 4.46. The SMILES string of the molecule is CCOc1ccc(C(F)C2CCCCN2)cc1. The van der Waals surface area contributed by atoms with Crippen LogP contribution in [0.2, 0.25) is 0 Å². The number of halogens is 1. The lowest BCUT2D eigenvalue weighted by molar-refractivity contribution is 0.221. The van der Waals surface area contributed by atoms with Crippen molar-refractivity contribution in [3.63, 3.8) is 0 Å². The molecule has 0 saturated carbocycles. The zero-order chi connectivity index (χ0) is 12.1. The predicted octanol–water partition coefficient (Wildman–Crippen LogP) is 3.24. The van der Waals surface area contributed by atoms with Crippen molar-refractivity contribution < 1.29 is 9.13 Å². The highest BCUT2D eigenvalue weighted by Gasteiger charge is 2.24. The van der Waals surface area contributed by atoms with Gasteiger partial charge in [0.25, 0.3) is 0 Å². The van der Waals surface area contributed by atoms with Gasteiger partial charge in [-0.1, -0.05) is 18.6 Å². The number of piperidine rings is 1. The first kappa shape index (κ1) is 12.4. The molecule has 1 N–H and O–H groups in total. The van der Waals surface area contributed by atoms with Crippen molar-refractivity contribution >= 4 is 0 Å². The van der Waals surface area contributed by atoms with Crippen molar-refractivity contribution in [2.75, 3.05) is 13.2 Å². The van der Waals surface area contributed by atoms with E-state index in [0.29, 0.717) is 6.61 Å². The number of nitrogens with one attached hydrogen (secondary N) is 1. The smallest absolute Gasteiger partial charge is 0.140 e. The zero-order valence-corrected chi connectivity index (χ0v) is 10.3. The first-order valence-corrected chi connectivity index (χ1v) is 6.41. The van der Waals surface area contributed by atoms with Crippen LogP contribution in [0.4, 0.5) is 4.39 Å². The molecule has 0 amide bonds. The molecule has 2 nitrogen and oxygen atoms in total. The minimum Gasteiger partial charge on any atom is -0.494 e. The third-order valence-electron chi connectivity index (χ3n) is 3.21. The van der Waals surface area contributed by atoms with E-state index >= 15 is 0 Å². The number of benzene rings is 1. The predicted molar refractivity (Wildman–Crippen MR) is 67.1 cm³/mol. The monoisotopic (exact) mass is 237 g/mol. The van der Waals surface area contributed by atoms with Crippen LogP contribution >= 0.6 is 0 Å². The molecule has 1 aromatic rings. The van der Waals surface area contributed by atoms with Crippen LogP contribution in [0.3, 0.4) is 0 Å². The largest absolute Gasteiger partial charge is 0.494 e. The topological polar surface area (TPSA) is 21.3 Å². The highest BCUT2D eigenvalue weighted by atomic mass is 19.1. The summed E-state index contributed by atoms with van der Waals surface area (Å²) < 4.78 is 19.6. The van der Waals surface area contributed by atoms with E-state index in [4.69, 9.17) is 4.74 Å². The summed E-state index contributed by atoms with van der Waals surface area (Å²) >= 11 is 0. The molecular formula is C14H20FNO. The van der Waals surface area contributed by atoms with E-state index < -0.39 is 6.17 Å². The van der Waals surface area contributed by atoms with Gasteiger partial charge >= 0.3 is 0 Å². The second-order valence-corrected chi connectivity index (χ2v) is 4.46. The van der Waals surface area contributed by atoms with E-state index in [1.54, 1.807) is 0 Å². The standard InChI is InChI=1S/C14H20FNO/c1-2-17-12-8-6-11(7-9-12)14(15)13-5-3-4-10-16-13/h6-9,13-14,16H,2-5,10H2,1H3. The van der Waals surface area contributed by atoms with Crippen molar-refractivity contribution in [1.82, 2.24) is 5.32 Å². The fourth-order valence-electron chi connectivity index (χ4n) is 2.28. The molecule has 1 heterocycles. The molecule has 0 aliphatic carbocycles. The number of hydrogen-bond donors (Lipinski definition) is 1. The molecule has 1 aromatic carbocycles. The highest BCUT2D eigenvalue weighted by molar-refractivity contribution is 5.29. The molecule has 0 radical (unpaired) electrons. The quantitative estimate of drug-likeness (QED) is 0.868. The Morgan fingerprint density at radius 1 is 1.35 bits per heavy atom. The van der Waals surface area contributed by atoms with Crippen molar-refractivity contribution in [3.05, 3.63) is 29.8 Å². The molecule has 2 unspecified atom stereocenters. The van der Waals surface area contributed by atoms with E-state index in [2.05, 4.69) is 5.32 Å². The van der Waals surface area contributed by atoms with E-state index in [9.17, 15) is 4.39 Å². The van der Waals surface area contributed by atoms with Crippen LogP contribution in [0.15, 0.2) is 24.3 Å². The van der Waals surface area contributed by atoms with Gasteiger partial charge in [0.2, 0.25) is 0 Å². The van der Waals surface area contributed by atoms with Gasteiger partial charge in [-0.2, -0.15) is 0 Å². The molecule has 1 aliphatic heterocycles. The number of ether oxygens (including phenoxy) is 1. The number of hydrogen-bond acceptors (Lipinski definition) is 2. The van der Waals surface area contributed by atoms with Crippen LogP contribution in [0.5, 0.6) is 5.75 Å². The summed E-state index contributed by atoms with van der Waals surface area (Å²) in [5.74, 6) is 0.806. The molecule has 0 bridgehead atoms. The Bertz CT molecular complexity index is 333. The second kappa shape index (κ2) is 6.01. The first-order chi connectivity index (χ1) is 8.31. The summed E-state index contributed by atoms with van der Waals surface area (Å²) in [4.78, 5) is 0. The number of alkyl halides is 1. The molecule has 2 atom stereocenters. The van der Waals surface area contributed by atoms with Gasteiger partial charge in [-0.25, -0.2) is 4.39 Å². The maximum absolute atomic E-state index is 14.2. The van der Waals surface area contributed by atoms with Gasteiger partial charge < -0.3 is 10.1 Å². The third-order valence-corrected chi connectivity index (χ3v) is 3.21. The van der Waals surface area contributed by atoms with Crippen LogP contribution in [0, 0.1) is 0 Å². The molecule has 0 spiro atoms. The Labute approximate surface area is 102 Å². The van der Waals surface area contributed by atoms with E-state index in [-0.39, 0.29) is 6.04 Å². The Kier molecular flexibility index (Phi) is 4.37. The van der Waals surface area contributed by atoms with Crippen LogP contribution in [-0.4, -0.2) is 19.2 Å². The Morgan fingerprint density at radius 3 is 2.71 bits per heavy atom. The van der Waals surface area contributed by atoms with E-state index in [0.717, 1.165) is 37.1 Å². The summed E-state index contributed by atoms with van der Waals surface area (Å²) in [6, 6.07) is 7.31. The van der Waals surface area contributed by atoms with Gasteiger partial charge in [0.1, 0.15) is 11.9 Å². The molecule has 3 heteroatoms. The molecule has 1 saturated heterocycles. The summed E-state index contributed by atoms with van der Waals surface area (Å²) in [7, 11) is 0. The molecule has 2 rings (SSSR count). The minimum absolute atomic E-state index is 0.0262. The molecule has 0 aromatic heterocycles. The summed E-state index contributed by atoms with van der Waals surface area (Å²) in [5.41, 5.74) is 0.743. The van der Waals surface area contributed by atoms with E-state index in [1.807, 2.05) is 31.2 Å². The van der Waals surface area contributed by atoms with Crippen molar-refractivity contribution in [3.8, 4) is 5.75 Å². The Balaban J connectivity index is 2.00. The first-order valence-electron chi connectivity index (χ1n) is 6.41. The van der Waals surface area contributed by atoms with Gasteiger partial charge in [-0.15, -0.1) is 0 Å². The van der Waals surface area contributed by atoms with E-state index in [1.165, 1.54) is 0 Å². The lowest BCUT2D eigenvalue weighted by Gasteiger charge is -2.26. The lowest BCUT2D eigenvalue weighted by Crippen LogP contribution is -2.37. The molecular weight excluding hydrogens is 217 g/mol. The maximum Gasteiger partial charge on any atom is 0.140 e. The van der Waals surface area contributed by atoms with Crippen molar-refractivity contribution in [2.45, 2.75) is 38.4 Å². The summed E-state index contributed by atoms with van der Waals surface area (Å²) in [5, 5.41) is 3.25. The van der Waals surface area contributed by atoms with Gasteiger partial charge in [0, 0.05) is 6.04 Å². The van der Waals surface area contributed by atoms with Gasteiger partial charge in [-0.3, -0.25) is 0 Å². The van der Waals surface area contributed by atoms with Crippen molar-refractivity contribution in [2.24, 2.45) is 0 Å². The summed E-state index contributed by atoms with van der Waals surface area (Å²) in [6.07, 6.45) is 2.29. The molecule has 1 aliphatic rings. The Hall–Kier alpha value is -1.09. The van der Waals surface area contributed by atoms with Crippen LogP contribution < -0.4 is 10.1 Å². The highest BCUT2D eigenvalue weighted by Crippen LogP contribution is 2.27. The van der Waals surface area contributed by atoms with Gasteiger partial charge in [-0.05, 0) is 44.0 Å². The summed E-state index contributed by atoms with van der Waals surface area (Å²) in [6.45, 7) is 3.52. The van der Waals surface area contributed by atoms with Crippen molar-refractivity contribution in [1.29, 1.82) is 0 Å². The van der Waals surface area contributed by atoms with Gasteiger partial charge in [0.15, 0.2) is 0 Å². The minimum atomic E-state index is -0.911. The average Bonchev–Trinajstić information content (AvgIpc) is 2.40. The van der Waals surface area contributed by atoms with Crippen LogP contribution in [-0.2, 0) is 0 Å². The molecule has 17 heavy (non-hydrogen) atoms. The van der Waals surface area contributed by atoms with Gasteiger partial charge in [0.05, 0.1) is 6.61 Å².